The summed E-state index contributed by atoms with van der Waals surface area (Å²) >= 11 is 5.88. The fourth-order valence-corrected chi connectivity index (χ4v) is 2.82. The summed E-state index contributed by atoms with van der Waals surface area (Å²) in [7, 11) is 0. The van der Waals surface area contributed by atoms with E-state index in [4.69, 9.17) is 11.6 Å². The van der Waals surface area contributed by atoms with Gasteiger partial charge >= 0.3 is 0 Å². The van der Waals surface area contributed by atoms with Gasteiger partial charge in [-0.15, -0.1) is 0 Å². The molecule has 0 aliphatic heterocycles. The fraction of sp³-hybridized carbons (Fsp3) is 0.211. The van der Waals surface area contributed by atoms with E-state index in [1.165, 1.54) is 6.20 Å². The molecule has 1 heterocycles. The average Bonchev–Trinajstić information content (AvgIpc) is 2.62. The maximum Gasteiger partial charge on any atom is 0.222 e. The molecule has 128 valence electrons. The number of para-hydroxylation sites is 1. The van der Waals surface area contributed by atoms with Crippen molar-refractivity contribution in [3.63, 3.8) is 0 Å². The zero-order valence-corrected chi connectivity index (χ0v) is 14.5. The molecule has 0 aliphatic rings. The summed E-state index contributed by atoms with van der Waals surface area (Å²) in [6.45, 7) is 2.33. The van der Waals surface area contributed by atoms with Crippen molar-refractivity contribution in [1.82, 2.24) is 15.1 Å². The molecule has 5 nitrogen and oxygen atoms in total. The number of aromatic nitrogens is 2. The summed E-state index contributed by atoms with van der Waals surface area (Å²) in [6.07, 6.45) is 1.56. The normalized spacial score (nSPS) is 12.1. The predicted octanol–water partition coefficient (Wildman–Crippen LogP) is 3.32. The van der Waals surface area contributed by atoms with E-state index in [0.29, 0.717) is 17.0 Å². The highest BCUT2D eigenvalue weighted by Gasteiger charge is 2.11. The van der Waals surface area contributed by atoms with Gasteiger partial charge in [0.25, 0.3) is 0 Å². The van der Waals surface area contributed by atoms with Crippen LogP contribution < -0.4 is 10.7 Å². The summed E-state index contributed by atoms with van der Waals surface area (Å²) in [5, 5.41) is 8.36. The molecule has 0 fully saturated rings. The van der Waals surface area contributed by atoms with Crippen LogP contribution in [0.5, 0.6) is 0 Å². The van der Waals surface area contributed by atoms with E-state index >= 15 is 0 Å². The van der Waals surface area contributed by atoms with Gasteiger partial charge in [-0.05, 0) is 36.8 Å². The van der Waals surface area contributed by atoms with Gasteiger partial charge in [0, 0.05) is 16.8 Å². The van der Waals surface area contributed by atoms with Gasteiger partial charge in [0.05, 0.1) is 24.3 Å². The van der Waals surface area contributed by atoms with Crippen molar-refractivity contribution < 1.29 is 4.79 Å². The molecule has 1 atom stereocenters. The monoisotopic (exact) mass is 355 g/mol. The van der Waals surface area contributed by atoms with E-state index in [0.717, 1.165) is 11.1 Å². The quantitative estimate of drug-likeness (QED) is 0.763. The SMILES string of the molecule is CC(NC(=O)CCn1ncc(=O)c2ccccc21)c1ccc(Cl)cc1. The van der Waals surface area contributed by atoms with Crippen molar-refractivity contribution >= 4 is 28.4 Å². The summed E-state index contributed by atoms with van der Waals surface area (Å²) in [4.78, 5) is 24.1. The first-order valence-electron chi connectivity index (χ1n) is 8.04. The van der Waals surface area contributed by atoms with Crippen molar-refractivity contribution in [3.8, 4) is 0 Å². The van der Waals surface area contributed by atoms with Crippen LogP contribution >= 0.6 is 11.6 Å². The number of carbonyl (C=O) groups is 1. The number of aryl methyl sites for hydroxylation is 1. The van der Waals surface area contributed by atoms with Crippen LogP contribution in [0.2, 0.25) is 5.02 Å². The minimum atomic E-state index is -0.118. The van der Waals surface area contributed by atoms with Crippen LogP contribution in [0.3, 0.4) is 0 Å². The van der Waals surface area contributed by atoms with E-state index in [9.17, 15) is 9.59 Å². The van der Waals surface area contributed by atoms with Gasteiger partial charge < -0.3 is 5.32 Å². The molecule has 3 aromatic rings. The highest BCUT2D eigenvalue weighted by molar-refractivity contribution is 6.30. The lowest BCUT2D eigenvalue weighted by atomic mass is 10.1. The van der Waals surface area contributed by atoms with Gasteiger partial charge in [-0.25, -0.2) is 0 Å². The largest absolute Gasteiger partial charge is 0.350 e. The summed E-state index contributed by atoms with van der Waals surface area (Å²) in [6, 6.07) is 14.5. The lowest BCUT2D eigenvalue weighted by Crippen LogP contribution is -2.28. The van der Waals surface area contributed by atoms with Crippen LogP contribution in [0.25, 0.3) is 10.9 Å². The lowest BCUT2D eigenvalue weighted by Gasteiger charge is -2.15. The second-order valence-corrected chi connectivity index (χ2v) is 6.28. The van der Waals surface area contributed by atoms with E-state index in [2.05, 4.69) is 10.4 Å². The Bertz CT molecular complexity index is 951. The number of amides is 1. The van der Waals surface area contributed by atoms with Crippen LogP contribution in [-0.4, -0.2) is 15.7 Å². The van der Waals surface area contributed by atoms with Crippen molar-refractivity contribution in [3.05, 3.63) is 75.5 Å². The average molecular weight is 356 g/mol. The van der Waals surface area contributed by atoms with Gasteiger partial charge in [0.1, 0.15) is 0 Å². The topological polar surface area (TPSA) is 64.0 Å². The molecule has 1 aromatic heterocycles. The first kappa shape index (κ1) is 17.2. The Kier molecular flexibility index (Phi) is 5.14. The number of nitrogens with zero attached hydrogens (tertiary/aromatic N) is 2. The number of nitrogens with one attached hydrogen (secondary N) is 1. The van der Waals surface area contributed by atoms with Crippen molar-refractivity contribution in [1.29, 1.82) is 0 Å². The van der Waals surface area contributed by atoms with E-state index in [1.807, 2.05) is 37.3 Å². The third-order valence-corrected chi connectivity index (χ3v) is 4.31. The van der Waals surface area contributed by atoms with Crippen LogP contribution in [0.15, 0.2) is 59.5 Å². The van der Waals surface area contributed by atoms with Crippen LogP contribution in [0, 0.1) is 0 Å². The zero-order chi connectivity index (χ0) is 17.8. The highest BCUT2D eigenvalue weighted by atomic mass is 35.5. The number of benzene rings is 2. The summed E-state index contributed by atoms with van der Waals surface area (Å²) < 4.78 is 1.68. The second-order valence-electron chi connectivity index (χ2n) is 5.84. The number of halogens is 1. The minimum absolute atomic E-state index is 0.0768. The van der Waals surface area contributed by atoms with Gasteiger partial charge in [-0.2, -0.15) is 5.10 Å². The Labute approximate surface area is 150 Å². The van der Waals surface area contributed by atoms with E-state index in [1.54, 1.807) is 22.9 Å². The fourth-order valence-electron chi connectivity index (χ4n) is 2.70. The Morgan fingerprint density at radius 3 is 2.68 bits per heavy atom. The first-order chi connectivity index (χ1) is 12.0. The molecule has 1 unspecified atom stereocenters. The van der Waals surface area contributed by atoms with E-state index in [-0.39, 0.29) is 23.8 Å². The summed E-state index contributed by atoms with van der Waals surface area (Å²) in [5.41, 5.74) is 1.60. The third kappa shape index (κ3) is 4.06. The number of hydrogen-bond acceptors (Lipinski definition) is 3. The van der Waals surface area contributed by atoms with Crippen LogP contribution in [0.1, 0.15) is 24.9 Å². The van der Waals surface area contributed by atoms with Gasteiger partial charge in [-0.3, -0.25) is 14.3 Å². The van der Waals surface area contributed by atoms with Gasteiger partial charge in [0.2, 0.25) is 11.3 Å². The number of carbonyl (C=O) groups excluding carboxylic acids is 1. The molecule has 25 heavy (non-hydrogen) atoms. The molecule has 0 bridgehead atoms. The summed E-state index contributed by atoms with van der Waals surface area (Å²) in [5.74, 6) is -0.0768. The molecule has 0 spiro atoms. The number of fused-ring (bicyclic) bond motifs is 1. The molecule has 1 N–H and O–H groups in total. The number of hydrogen-bond donors (Lipinski definition) is 1. The second kappa shape index (κ2) is 7.49. The molecule has 3 rings (SSSR count). The van der Waals surface area contributed by atoms with Crippen molar-refractivity contribution in [2.24, 2.45) is 0 Å². The molecule has 1 amide bonds. The molecule has 0 saturated heterocycles. The Morgan fingerprint density at radius 2 is 1.92 bits per heavy atom. The predicted molar refractivity (Wildman–Crippen MR) is 98.6 cm³/mol. The Morgan fingerprint density at radius 1 is 1.20 bits per heavy atom. The maximum absolute atomic E-state index is 12.2. The smallest absolute Gasteiger partial charge is 0.222 e. The molecular weight excluding hydrogens is 338 g/mol. The molecule has 0 aliphatic carbocycles. The zero-order valence-electron chi connectivity index (χ0n) is 13.8. The minimum Gasteiger partial charge on any atom is -0.350 e. The molecule has 0 saturated carbocycles. The third-order valence-electron chi connectivity index (χ3n) is 4.06. The molecular formula is C19H18ClN3O2. The lowest BCUT2D eigenvalue weighted by molar-refractivity contribution is -0.122. The van der Waals surface area contributed by atoms with E-state index < -0.39 is 0 Å². The van der Waals surface area contributed by atoms with Crippen LogP contribution in [0.4, 0.5) is 0 Å². The van der Waals surface area contributed by atoms with Crippen molar-refractivity contribution in [2.75, 3.05) is 0 Å². The van der Waals surface area contributed by atoms with Crippen molar-refractivity contribution in [2.45, 2.75) is 25.9 Å². The van der Waals surface area contributed by atoms with Gasteiger partial charge in [-0.1, -0.05) is 35.9 Å². The molecule has 2 aromatic carbocycles. The first-order valence-corrected chi connectivity index (χ1v) is 8.42. The Hall–Kier alpha value is -2.66. The number of rotatable bonds is 5. The molecule has 6 heteroatoms. The van der Waals surface area contributed by atoms with Crippen LogP contribution in [-0.2, 0) is 11.3 Å². The van der Waals surface area contributed by atoms with Gasteiger partial charge in [0.15, 0.2) is 0 Å². The standard InChI is InChI=1S/C19H18ClN3O2/c1-13(14-6-8-15(20)9-7-14)22-19(25)10-11-23-17-5-3-2-4-16(17)18(24)12-21-23/h2-9,12-13H,10-11H2,1H3,(H,22,25). The maximum atomic E-state index is 12.2. The Balaban J connectivity index is 1.66. The highest BCUT2D eigenvalue weighted by Crippen LogP contribution is 2.16. The molecule has 0 radical (unpaired) electrons.